The van der Waals surface area contributed by atoms with Crippen LogP contribution in [0.3, 0.4) is 0 Å². The van der Waals surface area contributed by atoms with Gasteiger partial charge in [-0.2, -0.15) is 0 Å². The van der Waals surface area contributed by atoms with E-state index in [-0.39, 0.29) is 0 Å². The fraction of sp³-hybridized carbons (Fsp3) is 0. The Kier molecular flexibility index (Phi) is 4.91. The van der Waals surface area contributed by atoms with E-state index < -0.39 is 7.12 Å². The van der Waals surface area contributed by atoms with Crippen molar-refractivity contribution < 1.29 is 14.5 Å². The summed E-state index contributed by atoms with van der Waals surface area (Å²) in [5.74, 6) is 1.42. The van der Waals surface area contributed by atoms with Crippen LogP contribution in [-0.4, -0.2) is 32.1 Å². The first-order valence-corrected chi connectivity index (χ1v) is 10.9. The highest BCUT2D eigenvalue weighted by atomic mass is 16.4. The van der Waals surface area contributed by atoms with E-state index in [1.54, 1.807) is 18.2 Å². The Morgan fingerprint density at radius 1 is 0.588 bits per heavy atom. The topological polar surface area (TPSA) is 92.3 Å². The van der Waals surface area contributed by atoms with Gasteiger partial charge in [0.2, 0.25) is 0 Å². The summed E-state index contributed by atoms with van der Waals surface area (Å²) < 4.78 is 6.21. The van der Waals surface area contributed by atoms with E-state index in [0.717, 1.165) is 27.5 Å². The molecule has 0 unspecified atom stereocenters. The van der Waals surface area contributed by atoms with Crippen molar-refractivity contribution >= 4 is 34.5 Å². The summed E-state index contributed by atoms with van der Waals surface area (Å²) in [6, 6.07) is 30.4. The van der Waals surface area contributed by atoms with Gasteiger partial charge in [0.05, 0.1) is 5.56 Å². The SMILES string of the molecule is OB(O)c1cccc(-c2nc(-c3ccccc3)nc(-c3cccc4c3oc3ccccc34)n2)c1. The summed E-state index contributed by atoms with van der Waals surface area (Å²) in [7, 11) is -1.58. The minimum Gasteiger partial charge on any atom is -0.455 e. The monoisotopic (exact) mass is 443 g/mol. The van der Waals surface area contributed by atoms with Gasteiger partial charge in [0.25, 0.3) is 0 Å². The second kappa shape index (κ2) is 8.22. The van der Waals surface area contributed by atoms with Crippen molar-refractivity contribution in [3.63, 3.8) is 0 Å². The largest absolute Gasteiger partial charge is 0.488 e. The molecule has 2 N–H and O–H groups in total. The van der Waals surface area contributed by atoms with Gasteiger partial charge in [0.15, 0.2) is 17.5 Å². The highest BCUT2D eigenvalue weighted by Crippen LogP contribution is 2.35. The maximum absolute atomic E-state index is 9.64. The maximum atomic E-state index is 9.64. The van der Waals surface area contributed by atoms with Crippen molar-refractivity contribution in [3.8, 4) is 34.2 Å². The molecule has 6 aromatic rings. The highest BCUT2D eigenvalue weighted by molar-refractivity contribution is 6.58. The zero-order valence-corrected chi connectivity index (χ0v) is 18.0. The van der Waals surface area contributed by atoms with E-state index in [1.165, 1.54) is 0 Å². The number of aromatic nitrogens is 3. The molecule has 34 heavy (non-hydrogen) atoms. The van der Waals surface area contributed by atoms with Crippen molar-refractivity contribution in [2.75, 3.05) is 0 Å². The van der Waals surface area contributed by atoms with Gasteiger partial charge in [-0.1, -0.05) is 84.9 Å². The van der Waals surface area contributed by atoms with Crippen LogP contribution in [0.4, 0.5) is 0 Å². The Morgan fingerprint density at radius 2 is 1.24 bits per heavy atom. The predicted octanol–water partition coefficient (Wildman–Crippen LogP) is 4.45. The van der Waals surface area contributed by atoms with E-state index in [4.69, 9.17) is 19.4 Å². The summed E-state index contributed by atoms with van der Waals surface area (Å²) in [5, 5.41) is 21.3. The lowest BCUT2D eigenvalue weighted by molar-refractivity contribution is 0.426. The second-order valence-corrected chi connectivity index (χ2v) is 7.95. The molecule has 7 heteroatoms. The first-order valence-electron chi connectivity index (χ1n) is 10.9. The summed E-state index contributed by atoms with van der Waals surface area (Å²) >= 11 is 0. The first kappa shape index (κ1) is 20.3. The Hall–Kier alpha value is -4.33. The Bertz CT molecular complexity index is 1650. The van der Waals surface area contributed by atoms with Gasteiger partial charge in [-0.05, 0) is 17.6 Å². The lowest BCUT2D eigenvalue weighted by Crippen LogP contribution is -2.29. The molecule has 6 rings (SSSR count). The van der Waals surface area contributed by atoms with Crippen LogP contribution in [0.25, 0.3) is 56.1 Å². The second-order valence-electron chi connectivity index (χ2n) is 7.95. The average Bonchev–Trinajstić information content (AvgIpc) is 3.28. The maximum Gasteiger partial charge on any atom is 0.488 e. The predicted molar refractivity (Wildman–Crippen MR) is 133 cm³/mol. The molecule has 0 aliphatic carbocycles. The fourth-order valence-electron chi connectivity index (χ4n) is 4.10. The summed E-state index contributed by atoms with van der Waals surface area (Å²) in [6.07, 6.45) is 0. The van der Waals surface area contributed by atoms with Crippen molar-refractivity contribution in [1.82, 2.24) is 15.0 Å². The molecule has 0 saturated carbocycles. The molecule has 0 radical (unpaired) electrons. The van der Waals surface area contributed by atoms with Crippen LogP contribution in [-0.2, 0) is 0 Å². The van der Waals surface area contributed by atoms with Crippen LogP contribution in [0.5, 0.6) is 0 Å². The van der Waals surface area contributed by atoms with E-state index in [9.17, 15) is 10.0 Å². The third kappa shape index (κ3) is 3.53. The molecular formula is C27H18BN3O3. The summed E-state index contributed by atoms with van der Waals surface area (Å²) in [4.78, 5) is 14.3. The molecule has 6 nitrogen and oxygen atoms in total. The molecular weight excluding hydrogens is 425 g/mol. The summed E-state index contributed by atoms with van der Waals surface area (Å²) in [6.45, 7) is 0. The number of hydrogen-bond acceptors (Lipinski definition) is 6. The standard InChI is InChI=1S/C27H18BN3O3/c32-28(33)19-11-6-10-18(16-19)26-29-25(17-8-2-1-3-9-17)30-27(31-26)22-14-7-13-21-20-12-4-5-15-23(20)34-24(21)22/h1-16,32-33H. The Balaban J connectivity index is 1.61. The normalized spacial score (nSPS) is 11.2. The average molecular weight is 443 g/mol. The molecule has 162 valence electrons. The summed E-state index contributed by atoms with van der Waals surface area (Å²) in [5.41, 5.74) is 4.13. The number of fused-ring (bicyclic) bond motifs is 3. The Morgan fingerprint density at radius 3 is 2.06 bits per heavy atom. The minimum atomic E-state index is -1.58. The lowest BCUT2D eigenvalue weighted by Gasteiger charge is -2.09. The highest BCUT2D eigenvalue weighted by Gasteiger charge is 2.18. The third-order valence-corrected chi connectivity index (χ3v) is 5.76. The van der Waals surface area contributed by atoms with Crippen LogP contribution < -0.4 is 5.46 Å². The molecule has 2 aromatic heterocycles. The molecule has 2 heterocycles. The zero-order valence-electron chi connectivity index (χ0n) is 18.0. The molecule has 4 aromatic carbocycles. The quantitative estimate of drug-likeness (QED) is 0.391. The van der Waals surface area contributed by atoms with Crippen molar-refractivity contribution in [2.24, 2.45) is 0 Å². The third-order valence-electron chi connectivity index (χ3n) is 5.76. The van der Waals surface area contributed by atoms with Gasteiger partial charge in [0.1, 0.15) is 11.2 Å². The molecule has 0 bridgehead atoms. The van der Waals surface area contributed by atoms with Crippen molar-refractivity contribution in [1.29, 1.82) is 0 Å². The molecule has 0 fully saturated rings. The van der Waals surface area contributed by atoms with E-state index in [2.05, 4.69) is 0 Å². The zero-order chi connectivity index (χ0) is 23.1. The van der Waals surface area contributed by atoms with E-state index in [0.29, 0.717) is 34.1 Å². The van der Waals surface area contributed by atoms with Gasteiger partial charge < -0.3 is 14.5 Å². The van der Waals surface area contributed by atoms with Gasteiger partial charge in [-0.25, -0.2) is 15.0 Å². The number of rotatable bonds is 4. The van der Waals surface area contributed by atoms with Gasteiger partial charge in [0, 0.05) is 21.9 Å². The molecule has 0 aliphatic heterocycles. The van der Waals surface area contributed by atoms with E-state index in [1.807, 2.05) is 78.9 Å². The van der Waals surface area contributed by atoms with Crippen LogP contribution in [0.2, 0.25) is 0 Å². The van der Waals surface area contributed by atoms with Crippen LogP contribution >= 0.6 is 0 Å². The lowest BCUT2D eigenvalue weighted by atomic mass is 9.79. The smallest absolute Gasteiger partial charge is 0.455 e. The molecule has 0 amide bonds. The van der Waals surface area contributed by atoms with Gasteiger partial charge in [-0.3, -0.25) is 0 Å². The first-order chi connectivity index (χ1) is 16.7. The van der Waals surface area contributed by atoms with Crippen LogP contribution in [0.1, 0.15) is 0 Å². The number of furan rings is 1. The van der Waals surface area contributed by atoms with Crippen LogP contribution in [0, 0.1) is 0 Å². The molecule has 0 saturated heterocycles. The minimum absolute atomic E-state index is 0.361. The van der Waals surface area contributed by atoms with Gasteiger partial charge in [-0.15, -0.1) is 0 Å². The van der Waals surface area contributed by atoms with Crippen molar-refractivity contribution in [2.45, 2.75) is 0 Å². The number of nitrogens with zero attached hydrogens (tertiary/aromatic N) is 3. The number of hydrogen-bond donors (Lipinski definition) is 2. The van der Waals surface area contributed by atoms with E-state index >= 15 is 0 Å². The Labute approximate surface area is 195 Å². The molecule has 0 atom stereocenters. The van der Waals surface area contributed by atoms with Crippen molar-refractivity contribution in [3.05, 3.63) is 97.1 Å². The molecule has 0 aliphatic rings. The number of benzene rings is 4. The van der Waals surface area contributed by atoms with Gasteiger partial charge >= 0.3 is 7.12 Å². The van der Waals surface area contributed by atoms with Crippen LogP contribution in [0.15, 0.2) is 101 Å². The fourth-order valence-corrected chi connectivity index (χ4v) is 4.10. The molecule has 0 spiro atoms. The number of para-hydroxylation sites is 2.